The Balaban J connectivity index is 1.92. The van der Waals surface area contributed by atoms with Gasteiger partial charge in [0.05, 0.1) is 0 Å². The van der Waals surface area contributed by atoms with Crippen molar-refractivity contribution in [3.8, 4) is 0 Å². The molecule has 6 heteroatoms. The average molecular weight is 421 g/mol. The van der Waals surface area contributed by atoms with Gasteiger partial charge in [-0.25, -0.2) is 4.79 Å². The fourth-order valence-electron chi connectivity index (χ4n) is 3.65. The van der Waals surface area contributed by atoms with Crippen molar-refractivity contribution in [3.63, 3.8) is 0 Å². The Hall–Kier alpha value is -3.41. The van der Waals surface area contributed by atoms with E-state index in [1.807, 2.05) is 45.0 Å². The van der Waals surface area contributed by atoms with E-state index in [4.69, 9.17) is 4.74 Å². The van der Waals surface area contributed by atoms with Gasteiger partial charge >= 0.3 is 5.97 Å². The number of fused-ring (bicyclic) bond motifs is 1. The summed E-state index contributed by atoms with van der Waals surface area (Å²) in [6.45, 7) is 9.33. The van der Waals surface area contributed by atoms with E-state index in [0.29, 0.717) is 24.2 Å². The molecule has 1 unspecified atom stereocenters. The number of hydrogen-bond donors (Lipinski definition) is 0. The Morgan fingerprint density at radius 3 is 2.35 bits per heavy atom. The monoisotopic (exact) mass is 420 g/mol. The van der Waals surface area contributed by atoms with Crippen molar-refractivity contribution in [2.45, 2.75) is 38.8 Å². The topological polar surface area (TPSA) is 66.9 Å². The van der Waals surface area contributed by atoms with Crippen molar-refractivity contribution in [1.82, 2.24) is 4.90 Å². The van der Waals surface area contributed by atoms with Gasteiger partial charge in [0.2, 0.25) is 5.91 Å². The van der Waals surface area contributed by atoms with Crippen LogP contribution in [0.5, 0.6) is 0 Å². The van der Waals surface area contributed by atoms with Crippen LogP contribution in [0.1, 0.15) is 48.3 Å². The summed E-state index contributed by atoms with van der Waals surface area (Å²) in [5.41, 5.74) is 2.26. The molecule has 0 N–H and O–H groups in total. The van der Waals surface area contributed by atoms with Crippen LogP contribution in [-0.2, 0) is 20.7 Å². The number of ether oxygens (including phenoxy) is 1. The first-order valence-electron chi connectivity index (χ1n) is 10.2. The maximum absolute atomic E-state index is 13.4. The predicted molar refractivity (Wildman–Crippen MR) is 120 cm³/mol. The molecule has 0 radical (unpaired) electrons. The zero-order valence-corrected chi connectivity index (χ0v) is 18.4. The van der Waals surface area contributed by atoms with E-state index in [-0.39, 0.29) is 11.8 Å². The van der Waals surface area contributed by atoms with Gasteiger partial charge in [0.15, 0.2) is 6.04 Å². The predicted octanol–water partition coefficient (Wildman–Crippen LogP) is 3.92. The van der Waals surface area contributed by atoms with E-state index >= 15 is 0 Å². The van der Waals surface area contributed by atoms with Crippen LogP contribution in [0.2, 0.25) is 0 Å². The number of rotatable bonds is 4. The van der Waals surface area contributed by atoms with Gasteiger partial charge in [-0.1, -0.05) is 30.8 Å². The van der Waals surface area contributed by atoms with Gasteiger partial charge in [0.25, 0.3) is 5.91 Å². The molecule has 0 spiro atoms. The number of amides is 2. The summed E-state index contributed by atoms with van der Waals surface area (Å²) < 4.78 is 5.65. The molecule has 1 aliphatic rings. The second-order valence-corrected chi connectivity index (χ2v) is 8.53. The minimum atomic E-state index is -0.804. The lowest BCUT2D eigenvalue weighted by atomic mass is 9.91. The molecule has 3 rings (SSSR count). The zero-order chi connectivity index (χ0) is 22.8. The van der Waals surface area contributed by atoms with Crippen molar-refractivity contribution >= 4 is 23.5 Å². The lowest BCUT2D eigenvalue weighted by Gasteiger charge is -2.37. The molecule has 2 amide bonds. The van der Waals surface area contributed by atoms with E-state index in [1.54, 1.807) is 36.2 Å². The summed E-state index contributed by atoms with van der Waals surface area (Å²) in [7, 11) is 1.64. The second kappa shape index (κ2) is 8.76. The van der Waals surface area contributed by atoms with Gasteiger partial charge in [-0.2, -0.15) is 0 Å². The lowest BCUT2D eigenvalue weighted by molar-refractivity contribution is -0.161. The molecule has 0 aliphatic carbocycles. The third kappa shape index (κ3) is 4.85. The van der Waals surface area contributed by atoms with E-state index < -0.39 is 17.6 Å². The highest BCUT2D eigenvalue weighted by Crippen LogP contribution is 2.33. The molecule has 1 atom stereocenters. The number of carbonyl (C=O) groups is 3. The summed E-state index contributed by atoms with van der Waals surface area (Å²) in [6, 6.07) is 13.6. The van der Waals surface area contributed by atoms with Crippen LogP contribution in [0.3, 0.4) is 0 Å². The summed E-state index contributed by atoms with van der Waals surface area (Å²) in [6.07, 6.45) is 1.89. The van der Waals surface area contributed by atoms with Crippen LogP contribution in [0.25, 0.3) is 0 Å². The minimum absolute atomic E-state index is 0.239. The van der Waals surface area contributed by atoms with Crippen LogP contribution in [0.4, 0.5) is 5.69 Å². The maximum Gasteiger partial charge on any atom is 0.334 e. The smallest absolute Gasteiger partial charge is 0.334 e. The van der Waals surface area contributed by atoms with Crippen LogP contribution >= 0.6 is 0 Å². The molecule has 0 aromatic heterocycles. The molecular weight excluding hydrogens is 392 g/mol. The molecule has 1 heterocycles. The molecule has 0 fully saturated rings. The molecule has 6 nitrogen and oxygen atoms in total. The fraction of sp³-hybridized carbons (Fsp3) is 0.320. The highest BCUT2D eigenvalue weighted by atomic mass is 16.6. The third-order valence-corrected chi connectivity index (χ3v) is 5.18. The van der Waals surface area contributed by atoms with Crippen molar-refractivity contribution in [2.24, 2.45) is 0 Å². The van der Waals surface area contributed by atoms with Crippen molar-refractivity contribution in [1.29, 1.82) is 0 Å². The summed E-state index contributed by atoms with van der Waals surface area (Å²) in [5.74, 6) is -0.938. The average Bonchev–Trinajstić information content (AvgIpc) is 2.75. The van der Waals surface area contributed by atoms with Crippen LogP contribution in [0, 0.1) is 0 Å². The highest BCUT2D eigenvalue weighted by Gasteiger charge is 2.38. The van der Waals surface area contributed by atoms with Crippen molar-refractivity contribution in [2.75, 3.05) is 18.5 Å². The van der Waals surface area contributed by atoms with Crippen LogP contribution in [0.15, 0.2) is 61.2 Å². The Kier molecular flexibility index (Phi) is 6.29. The number of benzene rings is 2. The van der Waals surface area contributed by atoms with Gasteiger partial charge in [0.1, 0.15) is 5.60 Å². The molecule has 2 aromatic rings. The molecule has 162 valence electrons. The number of hydrogen-bond acceptors (Lipinski definition) is 4. The summed E-state index contributed by atoms with van der Waals surface area (Å²) in [5, 5.41) is 0. The first-order chi connectivity index (χ1) is 14.6. The number of carbonyl (C=O) groups excluding carboxylic acids is 3. The molecule has 0 saturated carbocycles. The molecular formula is C25H28N2O4. The van der Waals surface area contributed by atoms with Gasteiger partial charge < -0.3 is 14.5 Å². The number of nitrogens with zero attached hydrogens (tertiary/aromatic N) is 2. The molecule has 2 aromatic carbocycles. The Morgan fingerprint density at radius 2 is 1.74 bits per heavy atom. The van der Waals surface area contributed by atoms with E-state index in [0.717, 1.165) is 11.1 Å². The normalized spacial score (nSPS) is 15.6. The lowest BCUT2D eigenvalue weighted by Crippen LogP contribution is -2.45. The molecule has 0 saturated heterocycles. The van der Waals surface area contributed by atoms with Crippen molar-refractivity contribution < 1.29 is 19.1 Å². The summed E-state index contributed by atoms with van der Waals surface area (Å²) >= 11 is 0. The Morgan fingerprint density at radius 1 is 1.10 bits per heavy atom. The standard InChI is InChI=1S/C25H28N2O4/c1-6-21(28)26(5)19-13-11-18(12-14-19)23(29)27-16-15-17-9-7-8-10-20(17)22(27)24(30)31-25(2,3)4/h6-14,22H,1,15-16H2,2-5H3. The number of likely N-dealkylation sites (N-methyl/N-ethyl adjacent to an activating group) is 1. The van der Waals surface area contributed by atoms with Gasteiger partial charge in [-0.15, -0.1) is 0 Å². The number of anilines is 1. The minimum Gasteiger partial charge on any atom is -0.458 e. The van der Waals surface area contributed by atoms with E-state index in [9.17, 15) is 14.4 Å². The highest BCUT2D eigenvalue weighted by molar-refractivity contribution is 6.01. The van der Waals surface area contributed by atoms with E-state index in [2.05, 4.69) is 6.58 Å². The fourth-order valence-corrected chi connectivity index (χ4v) is 3.65. The first-order valence-corrected chi connectivity index (χ1v) is 10.2. The third-order valence-electron chi connectivity index (χ3n) is 5.18. The van der Waals surface area contributed by atoms with Crippen LogP contribution < -0.4 is 4.90 Å². The van der Waals surface area contributed by atoms with Gasteiger partial charge in [-0.05, 0) is 68.7 Å². The largest absolute Gasteiger partial charge is 0.458 e. The Bertz CT molecular complexity index is 1000. The maximum atomic E-state index is 13.4. The quantitative estimate of drug-likeness (QED) is 0.556. The van der Waals surface area contributed by atoms with E-state index in [1.165, 1.54) is 11.0 Å². The second-order valence-electron chi connectivity index (χ2n) is 8.53. The van der Waals surface area contributed by atoms with Crippen LogP contribution in [-0.4, -0.2) is 41.9 Å². The van der Waals surface area contributed by atoms with Gasteiger partial charge in [-0.3, -0.25) is 9.59 Å². The zero-order valence-electron chi connectivity index (χ0n) is 18.4. The van der Waals surface area contributed by atoms with Gasteiger partial charge in [0, 0.05) is 24.8 Å². The molecule has 0 bridgehead atoms. The Labute approximate surface area is 183 Å². The molecule has 31 heavy (non-hydrogen) atoms. The first kappa shape index (κ1) is 22.3. The van der Waals surface area contributed by atoms with Crippen molar-refractivity contribution in [3.05, 3.63) is 77.9 Å². The SMILES string of the molecule is C=CC(=O)N(C)c1ccc(C(=O)N2CCc3ccccc3C2C(=O)OC(C)(C)C)cc1. The number of esters is 1. The summed E-state index contributed by atoms with van der Waals surface area (Å²) in [4.78, 5) is 41.3. The molecule has 1 aliphatic heterocycles.